The molecule has 1 fully saturated rings. The summed E-state index contributed by atoms with van der Waals surface area (Å²) in [5, 5.41) is 8.84. The van der Waals surface area contributed by atoms with Gasteiger partial charge in [-0.1, -0.05) is 44.5 Å². The van der Waals surface area contributed by atoms with E-state index in [2.05, 4.69) is 32.0 Å². The molecule has 0 radical (unpaired) electrons. The van der Waals surface area contributed by atoms with Crippen molar-refractivity contribution in [2.24, 2.45) is 11.1 Å². The number of carboxylic acids is 1. The second-order valence-corrected chi connectivity index (χ2v) is 7.13. The SMILES string of the molecule is CC1(C)CCCC(c2ccccc2C(N)CCC(=O)O)C1. The van der Waals surface area contributed by atoms with Crippen molar-refractivity contribution >= 4 is 5.97 Å². The number of nitrogens with two attached hydrogens (primary N) is 1. The zero-order valence-corrected chi connectivity index (χ0v) is 13.1. The zero-order chi connectivity index (χ0) is 15.5. The molecule has 0 spiro atoms. The summed E-state index contributed by atoms with van der Waals surface area (Å²) in [6.45, 7) is 4.68. The van der Waals surface area contributed by atoms with Crippen LogP contribution in [0, 0.1) is 5.41 Å². The van der Waals surface area contributed by atoms with Gasteiger partial charge in [0.1, 0.15) is 0 Å². The van der Waals surface area contributed by atoms with E-state index in [4.69, 9.17) is 10.8 Å². The van der Waals surface area contributed by atoms with Crippen molar-refractivity contribution in [3.63, 3.8) is 0 Å². The lowest BCUT2D eigenvalue weighted by Gasteiger charge is -2.36. The Morgan fingerprint density at radius 1 is 1.43 bits per heavy atom. The third-order valence-corrected chi connectivity index (χ3v) is 4.71. The first kappa shape index (κ1) is 16.0. The molecule has 0 bridgehead atoms. The van der Waals surface area contributed by atoms with E-state index in [1.54, 1.807) is 0 Å². The minimum absolute atomic E-state index is 0.131. The van der Waals surface area contributed by atoms with Crippen molar-refractivity contribution in [2.45, 2.75) is 64.3 Å². The van der Waals surface area contributed by atoms with Crippen molar-refractivity contribution in [1.29, 1.82) is 0 Å². The maximum atomic E-state index is 10.8. The second kappa shape index (κ2) is 6.61. The standard InChI is InChI=1S/C18H27NO2/c1-18(2)11-5-6-13(12-18)14-7-3-4-8-15(14)16(19)9-10-17(20)21/h3-4,7-8,13,16H,5-6,9-12,19H2,1-2H3,(H,20,21). The average Bonchev–Trinajstić information content (AvgIpc) is 2.43. The molecular weight excluding hydrogens is 262 g/mol. The molecule has 2 unspecified atom stereocenters. The number of benzene rings is 1. The Hall–Kier alpha value is -1.35. The van der Waals surface area contributed by atoms with Crippen LogP contribution in [0.1, 0.15) is 75.5 Å². The van der Waals surface area contributed by atoms with Crippen LogP contribution in [0.15, 0.2) is 24.3 Å². The van der Waals surface area contributed by atoms with Gasteiger partial charge in [0.25, 0.3) is 0 Å². The summed E-state index contributed by atoms with van der Waals surface area (Å²) in [5.74, 6) is -0.220. The highest BCUT2D eigenvalue weighted by atomic mass is 16.4. The Morgan fingerprint density at radius 3 is 2.81 bits per heavy atom. The number of carboxylic acid groups (broad SMARTS) is 1. The first-order valence-corrected chi connectivity index (χ1v) is 7.95. The second-order valence-electron chi connectivity index (χ2n) is 7.13. The predicted octanol–water partition coefficient (Wildman–Crippen LogP) is 4.24. The first-order valence-electron chi connectivity index (χ1n) is 7.95. The van der Waals surface area contributed by atoms with Crippen LogP contribution in [-0.4, -0.2) is 11.1 Å². The molecule has 116 valence electrons. The largest absolute Gasteiger partial charge is 0.481 e. The van der Waals surface area contributed by atoms with Crippen LogP contribution in [0.4, 0.5) is 0 Å². The molecular formula is C18H27NO2. The molecule has 21 heavy (non-hydrogen) atoms. The van der Waals surface area contributed by atoms with Gasteiger partial charge in [0.05, 0.1) is 0 Å². The van der Waals surface area contributed by atoms with Gasteiger partial charge in [-0.05, 0) is 48.1 Å². The van der Waals surface area contributed by atoms with E-state index in [0.29, 0.717) is 17.8 Å². The van der Waals surface area contributed by atoms with E-state index < -0.39 is 5.97 Å². The van der Waals surface area contributed by atoms with Gasteiger partial charge in [-0.25, -0.2) is 0 Å². The summed E-state index contributed by atoms with van der Waals surface area (Å²) in [5.41, 5.74) is 9.12. The van der Waals surface area contributed by atoms with E-state index in [-0.39, 0.29) is 12.5 Å². The Bertz CT molecular complexity index is 496. The molecule has 0 amide bonds. The molecule has 3 N–H and O–H groups in total. The molecule has 0 heterocycles. The monoisotopic (exact) mass is 289 g/mol. The van der Waals surface area contributed by atoms with Crippen LogP contribution in [0.25, 0.3) is 0 Å². The van der Waals surface area contributed by atoms with E-state index in [9.17, 15) is 4.79 Å². The number of rotatable bonds is 5. The van der Waals surface area contributed by atoms with Gasteiger partial charge in [-0.3, -0.25) is 4.79 Å². The molecule has 0 aromatic heterocycles. The lowest BCUT2D eigenvalue weighted by Crippen LogP contribution is -2.23. The molecule has 1 aliphatic carbocycles. The molecule has 0 aliphatic heterocycles. The number of carbonyl (C=O) groups is 1. The fourth-order valence-electron chi connectivity index (χ4n) is 3.62. The summed E-state index contributed by atoms with van der Waals surface area (Å²) < 4.78 is 0. The third kappa shape index (κ3) is 4.31. The topological polar surface area (TPSA) is 63.3 Å². The van der Waals surface area contributed by atoms with Gasteiger partial charge in [0.2, 0.25) is 0 Å². The van der Waals surface area contributed by atoms with Crippen molar-refractivity contribution in [2.75, 3.05) is 0 Å². The van der Waals surface area contributed by atoms with Crippen molar-refractivity contribution in [1.82, 2.24) is 0 Å². The van der Waals surface area contributed by atoms with Crippen LogP contribution in [0.3, 0.4) is 0 Å². The molecule has 1 saturated carbocycles. The van der Waals surface area contributed by atoms with Crippen molar-refractivity contribution < 1.29 is 9.90 Å². The minimum atomic E-state index is -0.776. The van der Waals surface area contributed by atoms with E-state index >= 15 is 0 Å². The van der Waals surface area contributed by atoms with E-state index in [1.807, 2.05) is 6.07 Å². The number of hydrogen-bond acceptors (Lipinski definition) is 2. The molecule has 1 aromatic rings. The van der Waals surface area contributed by atoms with Crippen LogP contribution in [0.2, 0.25) is 0 Å². The molecule has 2 rings (SSSR count). The van der Waals surface area contributed by atoms with Gasteiger partial charge >= 0.3 is 5.97 Å². The third-order valence-electron chi connectivity index (χ3n) is 4.71. The predicted molar refractivity (Wildman–Crippen MR) is 85.2 cm³/mol. The lowest BCUT2D eigenvalue weighted by molar-refractivity contribution is -0.137. The van der Waals surface area contributed by atoms with E-state index in [1.165, 1.54) is 31.2 Å². The van der Waals surface area contributed by atoms with Gasteiger partial charge in [0.15, 0.2) is 0 Å². The Kier molecular flexibility index (Phi) is 5.04. The smallest absolute Gasteiger partial charge is 0.303 e. The van der Waals surface area contributed by atoms with Gasteiger partial charge in [0, 0.05) is 12.5 Å². The van der Waals surface area contributed by atoms with Gasteiger partial charge < -0.3 is 10.8 Å². The van der Waals surface area contributed by atoms with Crippen molar-refractivity contribution in [3.8, 4) is 0 Å². The fourth-order valence-corrected chi connectivity index (χ4v) is 3.62. The molecule has 2 atom stereocenters. The van der Waals surface area contributed by atoms with Crippen LogP contribution >= 0.6 is 0 Å². The normalized spacial score (nSPS) is 22.7. The lowest BCUT2D eigenvalue weighted by atomic mass is 9.69. The molecule has 1 aromatic carbocycles. The highest BCUT2D eigenvalue weighted by Gasteiger charge is 2.30. The maximum absolute atomic E-state index is 10.8. The Morgan fingerprint density at radius 2 is 2.14 bits per heavy atom. The maximum Gasteiger partial charge on any atom is 0.303 e. The number of aliphatic carboxylic acids is 1. The average molecular weight is 289 g/mol. The molecule has 1 aliphatic rings. The van der Waals surface area contributed by atoms with E-state index in [0.717, 1.165) is 5.56 Å². The summed E-state index contributed by atoms with van der Waals surface area (Å²) in [4.78, 5) is 10.8. The first-order chi connectivity index (χ1) is 9.89. The summed E-state index contributed by atoms with van der Waals surface area (Å²) in [6.07, 6.45) is 5.59. The van der Waals surface area contributed by atoms with Crippen molar-refractivity contribution in [3.05, 3.63) is 35.4 Å². The molecule has 3 heteroatoms. The van der Waals surface area contributed by atoms with Crippen LogP contribution in [-0.2, 0) is 4.79 Å². The van der Waals surface area contributed by atoms with Crippen LogP contribution < -0.4 is 5.73 Å². The number of hydrogen-bond donors (Lipinski definition) is 2. The van der Waals surface area contributed by atoms with Crippen LogP contribution in [0.5, 0.6) is 0 Å². The quantitative estimate of drug-likeness (QED) is 0.852. The minimum Gasteiger partial charge on any atom is -0.481 e. The Labute approximate surface area is 127 Å². The van der Waals surface area contributed by atoms with Gasteiger partial charge in [-0.15, -0.1) is 0 Å². The Balaban J connectivity index is 2.18. The fraction of sp³-hybridized carbons (Fsp3) is 0.611. The highest BCUT2D eigenvalue weighted by molar-refractivity contribution is 5.66. The molecule has 0 saturated heterocycles. The summed E-state index contributed by atoms with van der Waals surface area (Å²) in [7, 11) is 0. The summed E-state index contributed by atoms with van der Waals surface area (Å²) in [6, 6.07) is 8.16. The summed E-state index contributed by atoms with van der Waals surface area (Å²) >= 11 is 0. The highest BCUT2D eigenvalue weighted by Crippen LogP contribution is 2.44. The zero-order valence-electron chi connectivity index (χ0n) is 13.1. The van der Waals surface area contributed by atoms with Gasteiger partial charge in [-0.2, -0.15) is 0 Å². The molecule has 3 nitrogen and oxygen atoms in total.